The van der Waals surface area contributed by atoms with E-state index in [1.807, 2.05) is 13.0 Å². The Morgan fingerprint density at radius 1 is 1.15 bits per heavy atom. The average Bonchev–Trinajstić information content (AvgIpc) is 2.66. The minimum absolute atomic E-state index is 0.113. The second kappa shape index (κ2) is 7.31. The highest BCUT2D eigenvalue weighted by atomic mass is 16.5. The zero-order chi connectivity index (χ0) is 18.7. The number of carboxylic acid groups (broad SMARTS) is 1. The topological polar surface area (TPSA) is 86.0 Å². The molecule has 0 saturated heterocycles. The molecule has 3 rings (SSSR count). The van der Waals surface area contributed by atoms with E-state index in [0.29, 0.717) is 22.3 Å². The van der Waals surface area contributed by atoms with Gasteiger partial charge < -0.3 is 19.0 Å². The lowest BCUT2D eigenvalue weighted by molar-refractivity contribution is -0.139. The van der Waals surface area contributed by atoms with Crippen LogP contribution in [0.3, 0.4) is 0 Å². The molecule has 0 fully saturated rings. The number of carbonyl (C=O) groups is 1. The molecule has 1 heterocycles. The molecule has 6 nitrogen and oxygen atoms in total. The smallest absolute Gasteiger partial charge is 0.341 e. The molecule has 0 unspecified atom stereocenters. The summed E-state index contributed by atoms with van der Waals surface area (Å²) in [6.07, 6.45) is 0.765. The van der Waals surface area contributed by atoms with Crippen molar-refractivity contribution in [2.45, 2.75) is 13.3 Å². The molecule has 26 heavy (non-hydrogen) atoms. The maximum Gasteiger partial charge on any atom is 0.341 e. The zero-order valence-electron chi connectivity index (χ0n) is 14.4. The van der Waals surface area contributed by atoms with Crippen LogP contribution in [0.25, 0.3) is 22.3 Å². The highest BCUT2D eigenvalue weighted by molar-refractivity contribution is 5.83. The van der Waals surface area contributed by atoms with E-state index in [-0.39, 0.29) is 11.5 Å². The third-order valence-corrected chi connectivity index (χ3v) is 4.01. The van der Waals surface area contributed by atoms with Gasteiger partial charge in [-0.15, -0.1) is 0 Å². The van der Waals surface area contributed by atoms with E-state index in [2.05, 4.69) is 0 Å². The van der Waals surface area contributed by atoms with Crippen LogP contribution in [0.5, 0.6) is 11.5 Å². The van der Waals surface area contributed by atoms with Gasteiger partial charge in [-0.1, -0.05) is 13.0 Å². The van der Waals surface area contributed by atoms with Gasteiger partial charge in [-0.2, -0.15) is 0 Å². The molecule has 0 radical (unpaired) electrons. The normalized spacial score (nSPS) is 10.7. The van der Waals surface area contributed by atoms with E-state index in [1.54, 1.807) is 43.5 Å². The van der Waals surface area contributed by atoms with Gasteiger partial charge in [-0.3, -0.25) is 4.79 Å². The molecule has 0 bridgehead atoms. The number of rotatable bonds is 6. The molecule has 6 heteroatoms. The number of methoxy groups -OCH3 is 1. The predicted octanol–water partition coefficient (Wildman–Crippen LogP) is 3.49. The van der Waals surface area contributed by atoms with E-state index in [4.69, 9.17) is 19.0 Å². The van der Waals surface area contributed by atoms with Crippen molar-refractivity contribution in [1.29, 1.82) is 0 Å². The number of ether oxygens (including phenoxy) is 2. The largest absolute Gasteiger partial charge is 0.497 e. The second-order valence-corrected chi connectivity index (χ2v) is 5.68. The van der Waals surface area contributed by atoms with Crippen LogP contribution in [0.15, 0.2) is 51.7 Å². The monoisotopic (exact) mass is 354 g/mol. The number of aryl methyl sites for hydroxylation is 1. The van der Waals surface area contributed by atoms with Gasteiger partial charge in [0.05, 0.1) is 12.5 Å². The summed E-state index contributed by atoms with van der Waals surface area (Å²) in [6.45, 7) is 1.35. The molecule has 0 spiro atoms. The maximum atomic E-state index is 12.9. The highest BCUT2D eigenvalue weighted by Gasteiger charge is 2.19. The fourth-order valence-electron chi connectivity index (χ4n) is 2.64. The molecule has 3 aromatic rings. The number of carboxylic acids is 1. The van der Waals surface area contributed by atoms with Gasteiger partial charge in [0.1, 0.15) is 11.3 Å². The number of benzene rings is 2. The first-order valence-electron chi connectivity index (χ1n) is 8.12. The number of aliphatic carboxylic acids is 1. The molecular weight excluding hydrogens is 336 g/mol. The Hall–Kier alpha value is -3.28. The molecule has 2 aromatic carbocycles. The van der Waals surface area contributed by atoms with Gasteiger partial charge in [0.25, 0.3) is 0 Å². The summed E-state index contributed by atoms with van der Waals surface area (Å²) in [6, 6.07) is 12.3. The van der Waals surface area contributed by atoms with Crippen molar-refractivity contribution < 1.29 is 23.8 Å². The summed E-state index contributed by atoms with van der Waals surface area (Å²) >= 11 is 0. The van der Waals surface area contributed by atoms with Gasteiger partial charge in [-0.05, 0) is 48.4 Å². The van der Waals surface area contributed by atoms with E-state index in [9.17, 15) is 9.59 Å². The first-order chi connectivity index (χ1) is 12.5. The molecular formula is C20H18O6. The van der Waals surface area contributed by atoms with Crippen molar-refractivity contribution in [1.82, 2.24) is 0 Å². The van der Waals surface area contributed by atoms with Crippen molar-refractivity contribution in [3.05, 3.63) is 58.3 Å². The van der Waals surface area contributed by atoms with Crippen LogP contribution >= 0.6 is 0 Å². The van der Waals surface area contributed by atoms with Gasteiger partial charge in [0.2, 0.25) is 11.2 Å². The average molecular weight is 354 g/mol. The second-order valence-electron chi connectivity index (χ2n) is 5.68. The fourth-order valence-corrected chi connectivity index (χ4v) is 2.64. The van der Waals surface area contributed by atoms with Crippen LogP contribution in [0.4, 0.5) is 0 Å². The van der Waals surface area contributed by atoms with Crippen LogP contribution in [-0.2, 0) is 11.2 Å². The molecule has 0 saturated carbocycles. The molecule has 134 valence electrons. The SMILES string of the molecule is CCc1ccc2oc(-c3ccc(OC)cc3)c(OCC(=O)O)c(=O)c2c1. The molecule has 0 amide bonds. The summed E-state index contributed by atoms with van der Waals surface area (Å²) in [5.41, 5.74) is 1.59. The lowest BCUT2D eigenvalue weighted by atomic mass is 10.1. The Bertz CT molecular complexity index is 1000. The Balaban J connectivity index is 2.22. The number of fused-ring (bicyclic) bond motifs is 1. The standard InChI is InChI=1S/C20H18O6/c1-3-12-4-9-16-15(10-12)18(23)20(25-11-17(21)22)19(26-16)13-5-7-14(24-2)8-6-13/h4-10H,3,11H2,1-2H3,(H,21,22). The van der Waals surface area contributed by atoms with Crippen LogP contribution in [-0.4, -0.2) is 24.8 Å². The lowest BCUT2D eigenvalue weighted by Gasteiger charge is -2.11. The van der Waals surface area contributed by atoms with Crippen LogP contribution in [0.1, 0.15) is 12.5 Å². The first kappa shape index (κ1) is 17.5. The van der Waals surface area contributed by atoms with Gasteiger partial charge >= 0.3 is 5.97 Å². The Labute approximate surface area is 149 Å². The third-order valence-electron chi connectivity index (χ3n) is 4.01. The fraction of sp³-hybridized carbons (Fsp3) is 0.200. The Kier molecular flexibility index (Phi) is 4.93. The summed E-state index contributed by atoms with van der Waals surface area (Å²) in [5.74, 6) is -0.445. The Morgan fingerprint density at radius 2 is 1.88 bits per heavy atom. The number of hydrogen-bond donors (Lipinski definition) is 1. The van der Waals surface area contributed by atoms with E-state index in [0.717, 1.165) is 12.0 Å². The zero-order valence-corrected chi connectivity index (χ0v) is 14.4. The van der Waals surface area contributed by atoms with E-state index in [1.165, 1.54) is 0 Å². The van der Waals surface area contributed by atoms with Crippen molar-refractivity contribution >= 4 is 16.9 Å². The van der Waals surface area contributed by atoms with Crippen molar-refractivity contribution in [2.24, 2.45) is 0 Å². The molecule has 0 atom stereocenters. The maximum absolute atomic E-state index is 12.9. The molecule has 1 N–H and O–H groups in total. The van der Waals surface area contributed by atoms with Crippen LogP contribution in [0, 0.1) is 0 Å². The summed E-state index contributed by atoms with van der Waals surface area (Å²) < 4.78 is 16.3. The van der Waals surface area contributed by atoms with Crippen molar-refractivity contribution in [2.75, 3.05) is 13.7 Å². The van der Waals surface area contributed by atoms with Crippen molar-refractivity contribution in [3.8, 4) is 22.8 Å². The van der Waals surface area contributed by atoms with Crippen LogP contribution in [0.2, 0.25) is 0 Å². The quantitative estimate of drug-likeness (QED) is 0.729. The molecule has 0 aliphatic heterocycles. The minimum Gasteiger partial charge on any atom is -0.497 e. The van der Waals surface area contributed by atoms with Crippen molar-refractivity contribution in [3.63, 3.8) is 0 Å². The van der Waals surface area contributed by atoms with E-state index < -0.39 is 18.0 Å². The predicted molar refractivity (Wildman–Crippen MR) is 97.0 cm³/mol. The van der Waals surface area contributed by atoms with Gasteiger partial charge in [-0.25, -0.2) is 4.79 Å². The molecule has 1 aromatic heterocycles. The van der Waals surface area contributed by atoms with E-state index >= 15 is 0 Å². The lowest BCUT2D eigenvalue weighted by Crippen LogP contribution is -2.16. The third kappa shape index (κ3) is 3.39. The summed E-state index contributed by atoms with van der Waals surface area (Å²) in [7, 11) is 1.55. The van der Waals surface area contributed by atoms with Gasteiger partial charge in [0.15, 0.2) is 12.4 Å². The van der Waals surface area contributed by atoms with Gasteiger partial charge in [0, 0.05) is 5.56 Å². The minimum atomic E-state index is -1.17. The highest BCUT2D eigenvalue weighted by Crippen LogP contribution is 2.32. The van der Waals surface area contributed by atoms with Crippen LogP contribution < -0.4 is 14.9 Å². The Morgan fingerprint density at radius 3 is 2.50 bits per heavy atom. The molecule has 0 aliphatic rings. The number of hydrogen-bond acceptors (Lipinski definition) is 5. The molecule has 0 aliphatic carbocycles. The summed E-state index contributed by atoms with van der Waals surface area (Å²) in [4.78, 5) is 23.8. The summed E-state index contributed by atoms with van der Waals surface area (Å²) in [5, 5.41) is 9.28. The first-order valence-corrected chi connectivity index (χ1v) is 8.12.